The van der Waals surface area contributed by atoms with Crippen LogP contribution in [0.4, 0.5) is 0 Å². The zero-order valence-corrected chi connectivity index (χ0v) is 17.9. The van der Waals surface area contributed by atoms with E-state index in [9.17, 15) is 0 Å². The number of oxazole rings is 1. The van der Waals surface area contributed by atoms with Gasteiger partial charge < -0.3 is 12.6 Å². The zero-order chi connectivity index (χ0) is 16.8. The average Bonchev–Trinajstić information content (AvgIpc) is 2.62. The molecule has 2 rings (SSSR count). The minimum atomic E-state index is -2.55. The SMILES string of the molecule is Cc1nc2c([Si](C)(O[Si](C)(C)C)O[Si](C)(C)C)cccc2o1. The van der Waals surface area contributed by atoms with E-state index in [1.54, 1.807) is 0 Å². The molecule has 2 aromatic rings. The molecular weight excluding hydrogens is 326 g/mol. The highest BCUT2D eigenvalue weighted by Gasteiger charge is 2.43. The van der Waals surface area contributed by atoms with E-state index in [0.29, 0.717) is 5.89 Å². The standard InChI is InChI=1S/C15H27NO3Si3/c1-12-16-15-13(17-12)10-9-11-14(15)22(8,18-20(2,3)4)19-21(5,6)7/h9-11H,1-8H3. The van der Waals surface area contributed by atoms with Gasteiger partial charge in [-0.05, 0) is 51.9 Å². The van der Waals surface area contributed by atoms with Gasteiger partial charge in [-0.15, -0.1) is 0 Å². The fraction of sp³-hybridized carbons (Fsp3) is 0.533. The number of rotatable bonds is 5. The van der Waals surface area contributed by atoms with Gasteiger partial charge in [-0.2, -0.15) is 0 Å². The summed E-state index contributed by atoms with van der Waals surface area (Å²) < 4.78 is 18.9. The first kappa shape index (κ1) is 17.6. The minimum absolute atomic E-state index is 0.680. The number of benzene rings is 1. The topological polar surface area (TPSA) is 44.5 Å². The molecule has 0 saturated heterocycles. The molecule has 1 aromatic carbocycles. The third-order valence-corrected chi connectivity index (χ3v) is 12.4. The van der Waals surface area contributed by atoms with Crippen molar-refractivity contribution in [3.8, 4) is 0 Å². The molecule has 0 atom stereocenters. The average molecular weight is 354 g/mol. The normalized spacial score (nSPS) is 13.8. The molecule has 1 aromatic heterocycles. The highest BCUT2D eigenvalue weighted by Crippen LogP contribution is 2.24. The quantitative estimate of drug-likeness (QED) is 0.759. The summed E-state index contributed by atoms with van der Waals surface area (Å²) in [5.41, 5.74) is 1.71. The van der Waals surface area contributed by atoms with Gasteiger partial charge in [0, 0.05) is 12.1 Å². The summed E-state index contributed by atoms with van der Waals surface area (Å²) in [5, 5.41) is 1.09. The van der Waals surface area contributed by atoms with Gasteiger partial charge >= 0.3 is 8.56 Å². The predicted octanol–water partition coefficient (Wildman–Crippen LogP) is 4.12. The van der Waals surface area contributed by atoms with Crippen molar-refractivity contribution < 1.29 is 12.6 Å². The van der Waals surface area contributed by atoms with Gasteiger partial charge in [0.2, 0.25) is 0 Å². The van der Waals surface area contributed by atoms with Crippen LogP contribution in [0.3, 0.4) is 0 Å². The highest BCUT2D eigenvalue weighted by atomic mass is 28.5. The minimum Gasteiger partial charge on any atom is -0.441 e. The van der Waals surface area contributed by atoms with Crippen molar-refractivity contribution >= 4 is 41.5 Å². The molecule has 0 fully saturated rings. The Kier molecular flexibility index (Phi) is 4.58. The molecule has 0 unspecified atom stereocenters. The summed E-state index contributed by atoms with van der Waals surface area (Å²) in [7, 11) is -6.06. The Hall–Kier alpha value is -0.739. The molecule has 0 aliphatic rings. The van der Waals surface area contributed by atoms with E-state index >= 15 is 0 Å². The Balaban J connectivity index is 2.60. The van der Waals surface area contributed by atoms with E-state index in [-0.39, 0.29) is 0 Å². The van der Waals surface area contributed by atoms with E-state index in [0.717, 1.165) is 16.3 Å². The van der Waals surface area contributed by atoms with Crippen LogP contribution in [0.25, 0.3) is 11.1 Å². The van der Waals surface area contributed by atoms with Gasteiger partial charge in [-0.3, -0.25) is 0 Å². The Morgan fingerprint density at radius 2 is 1.45 bits per heavy atom. The lowest BCUT2D eigenvalue weighted by molar-refractivity contribution is 0.405. The van der Waals surface area contributed by atoms with E-state index in [1.807, 2.05) is 19.1 Å². The second-order valence-electron chi connectivity index (χ2n) is 7.76. The number of aromatic nitrogens is 1. The summed E-state index contributed by atoms with van der Waals surface area (Å²) >= 11 is 0. The molecule has 0 radical (unpaired) electrons. The Morgan fingerprint density at radius 1 is 0.909 bits per heavy atom. The molecule has 0 N–H and O–H groups in total. The molecule has 4 nitrogen and oxygen atoms in total. The van der Waals surface area contributed by atoms with Gasteiger partial charge in [0.1, 0.15) is 5.52 Å². The third kappa shape index (κ3) is 4.17. The lowest BCUT2D eigenvalue weighted by Crippen LogP contribution is -2.60. The van der Waals surface area contributed by atoms with Crippen molar-refractivity contribution in [3.05, 3.63) is 24.1 Å². The van der Waals surface area contributed by atoms with Crippen LogP contribution in [0.1, 0.15) is 5.89 Å². The van der Waals surface area contributed by atoms with Crippen LogP contribution >= 0.6 is 0 Å². The van der Waals surface area contributed by atoms with Gasteiger partial charge in [0.25, 0.3) is 0 Å². The maximum atomic E-state index is 6.61. The van der Waals surface area contributed by atoms with Crippen LogP contribution in [-0.2, 0) is 8.23 Å². The zero-order valence-electron chi connectivity index (χ0n) is 14.9. The van der Waals surface area contributed by atoms with Gasteiger partial charge in [0.15, 0.2) is 28.1 Å². The van der Waals surface area contributed by atoms with Crippen LogP contribution < -0.4 is 5.19 Å². The van der Waals surface area contributed by atoms with Gasteiger partial charge in [-0.25, -0.2) is 4.98 Å². The van der Waals surface area contributed by atoms with E-state index < -0.39 is 25.2 Å². The molecule has 0 bridgehead atoms. The Bertz CT molecular complexity index is 655. The predicted molar refractivity (Wildman–Crippen MR) is 98.9 cm³/mol. The maximum absolute atomic E-state index is 6.61. The molecule has 0 saturated carbocycles. The number of aryl methyl sites for hydroxylation is 1. The molecule has 0 aliphatic heterocycles. The smallest absolute Gasteiger partial charge is 0.351 e. The molecule has 7 heteroatoms. The molecule has 1 heterocycles. The fourth-order valence-electron chi connectivity index (χ4n) is 2.73. The second-order valence-corrected chi connectivity index (χ2v) is 20.3. The fourth-order valence-corrected chi connectivity index (χ4v) is 14.5. The molecule has 22 heavy (non-hydrogen) atoms. The van der Waals surface area contributed by atoms with Crippen molar-refractivity contribution in [1.29, 1.82) is 0 Å². The number of para-hydroxylation sites is 1. The summed E-state index contributed by atoms with van der Waals surface area (Å²) in [6.45, 7) is 17.3. The molecule has 0 spiro atoms. The third-order valence-electron chi connectivity index (χ3n) is 3.02. The number of nitrogens with zero attached hydrogens (tertiary/aromatic N) is 1. The maximum Gasteiger partial charge on any atom is 0.351 e. The van der Waals surface area contributed by atoms with Crippen molar-refractivity contribution in [1.82, 2.24) is 4.98 Å². The Labute approximate surface area is 136 Å². The number of hydrogen-bond acceptors (Lipinski definition) is 4. The van der Waals surface area contributed by atoms with Gasteiger partial charge in [0.05, 0.1) is 0 Å². The monoisotopic (exact) mass is 353 g/mol. The van der Waals surface area contributed by atoms with E-state index in [2.05, 4.69) is 56.9 Å². The molecule has 0 aliphatic carbocycles. The van der Waals surface area contributed by atoms with Crippen LogP contribution in [0.5, 0.6) is 0 Å². The first-order valence-electron chi connectivity index (χ1n) is 7.67. The number of fused-ring (bicyclic) bond motifs is 1. The number of hydrogen-bond donors (Lipinski definition) is 0. The molecule has 0 amide bonds. The lowest BCUT2D eigenvalue weighted by Gasteiger charge is -2.38. The first-order valence-corrected chi connectivity index (χ1v) is 16.8. The largest absolute Gasteiger partial charge is 0.441 e. The van der Waals surface area contributed by atoms with Crippen LogP contribution in [0.2, 0.25) is 45.8 Å². The van der Waals surface area contributed by atoms with E-state index in [4.69, 9.17) is 12.6 Å². The first-order chi connectivity index (χ1) is 9.90. The molecule has 122 valence electrons. The van der Waals surface area contributed by atoms with E-state index in [1.165, 1.54) is 0 Å². The molecular formula is C15H27NO3Si3. The van der Waals surface area contributed by atoms with Crippen molar-refractivity contribution in [3.63, 3.8) is 0 Å². The van der Waals surface area contributed by atoms with Gasteiger partial charge in [-0.1, -0.05) is 12.1 Å². The van der Waals surface area contributed by atoms with Crippen molar-refractivity contribution in [2.75, 3.05) is 0 Å². The van der Waals surface area contributed by atoms with Crippen molar-refractivity contribution in [2.24, 2.45) is 0 Å². The van der Waals surface area contributed by atoms with Crippen molar-refractivity contribution in [2.45, 2.75) is 52.8 Å². The van der Waals surface area contributed by atoms with Crippen LogP contribution in [0, 0.1) is 6.92 Å². The lowest BCUT2D eigenvalue weighted by atomic mass is 10.3. The summed E-state index contributed by atoms with van der Waals surface area (Å²) in [6, 6.07) is 6.06. The summed E-state index contributed by atoms with van der Waals surface area (Å²) in [5.74, 6) is 0.680. The van der Waals surface area contributed by atoms with Crippen LogP contribution in [0.15, 0.2) is 22.6 Å². The summed E-state index contributed by atoms with van der Waals surface area (Å²) in [6.07, 6.45) is 0. The highest BCUT2D eigenvalue weighted by molar-refractivity contribution is 6.95. The summed E-state index contributed by atoms with van der Waals surface area (Å²) in [4.78, 5) is 4.58. The Morgan fingerprint density at radius 3 is 1.95 bits per heavy atom. The van der Waals surface area contributed by atoms with Crippen LogP contribution in [-0.4, -0.2) is 30.2 Å². The second kappa shape index (κ2) is 5.72.